The highest BCUT2D eigenvalue weighted by Crippen LogP contribution is 2.26. The molecule has 0 saturated heterocycles. The number of carboxylic acid groups (broad SMARTS) is 1. The molecule has 2 N–H and O–H groups in total. The molecule has 0 aromatic heterocycles. The molecule has 0 aliphatic heterocycles. The van der Waals surface area contributed by atoms with Gasteiger partial charge in [-0.2, -0.15) is 0 Å². The molecule has 5 nitrogen and oxygen atoms in total. The van der Waals surface area contributed by atoms with Crippen LogP contribution in [0.3, 0.4) is 0 Å². The Labute approximate surface area is 155 Å². The van der Waals surface area contributed by atoms with Crippen molar-refractivity contribution < 1.29 is 19.4 Å². The van der Waals surface area contributed by atoms with Crippen LogP contribution in [-0.2, 0) is 22.7 Å². The third-order valence-electron chi connectivity index (χ3n) is 3.40. The largest absolute Gasteiger partial charge is 0.489 e. The molecule has 0 aliphatic carbocycles. The number of aliphatic carboxylic acids is 1. The fraction of sp³-hybridized carbons (Fsp3) is 0.222. The van der Waals surface area contributed by atoms with Crippen LogP contribution in [0, 0.1) is 0 Å². The molecule has 0 spiro atoms. The molecule has 7 heteroatoms. The topological polar surface area (TPSA) is 75.6 Å². The lowest BCUT2D eigenvalue weighted by atomic mass is 10.2. The number of amides is 1. The molecule has 0 saturated carbocycles. The second-order valence-electron chi connectivity index (χ2n) is 5.31. The predicted octanol–water partition coefficient (Wildman–Crippen LogP) is 4.05. The molecule has 2 aromatic carbocycles. The summed E-state index contributed by atoms with van der Waals surface area (Å²) in [6.45, 7) is 0.523. The highest BCUT2D eigenvalue weighted by molar-refractivity contribution is 6.35. The molecular weight excluding hydrogens is 365 g/mol. The van der Waals surface area contributed by atoms with E-state index in [4.69, 9.17) is 33.0 Å². The smallest absolute Gasteiger partial charge is 0.303 e. The Bertz CT molecular complexity index is 744. The molecule has 2 rings (SSSR count). The number of halogens is 2. The Morgan fingerprint density at radius 2 is 1.72 bits per heavy atom. The number of hydrogen-bond donors (Lipinski definition) is 2. The normalized spacial score (nSPS) is 10.3. The van der Waals surface area contributed by atoms with Gasteiger partial charge in [0.25, 0.3) is 0 Å². The van der Waals surface area contributed by atoms with Gasteiger partial charge in [0.1, 0.15) is 12.4 Å². The third kappa shape index (κ3) is 6.29. The van der Waals surface area contributed by atoms with Crippen LogP contribution in [0.4, 0.5) is 0 Å². The molecule has 2 aromatic rings. The van der Waals surface area contributed by atoms with Gasteiger partial charge in [-0.3, -0.25) is 9.59 Å². The molecule has 0 radical (unpaired) electrons. The van der Waals surface area contributed by atoms with E-state index in [0.29, 0.717) is 27.9 Å². The molecule has 0 heterocycles. The summed E-state index contributed by atoms with van der Waals surface area (Å²) in [4.78, 5) is 22.0. The average Bonchev–Trinajstić information content (AvgIpc) is 2.58. The second-order valence-corrected chi connectivity index (χ2v) is 6.12. The Morgan fingerprint density at radius 1 is 1.04 bits per heavy atom. The fourth-order valence-electron chi connectivity index (χ4n) is 2.08. The first kappa shape index (κ1) is 19.1. The van der Waals surface area contributed by atoms with E-state index in [1.165, 1.54) is 0 Å². The van der Waals surface area contributed by atoms with Gasteiger partial charge >= 0.3 is 5.97 Å². The molecule has 132 valence electrons. The first-order valence-corrected chi connectivity index (χ1v) is 8.34. The summed E-state index contributed by atoms with van der Waals surface area (Å²) in [6.07, 6.45) is -0.232. The van der Waals surface area contributed by atoms with Gasteiger partial charge in [0, 0.05) is 28.6 Å². The molecule has 0 fully saturated rings. The van der Waals surface area contributed by atoms with Crippen LogP contribution >= 0.6 is 23.2 Å². The minimum Gasteiger partial charge on any atom is -0.489 e. The van der Waals surface area contributed by atoms with E-state index < -0.39 is 5.97 Å². The lowest BCUT2D eigenvalue weighted by Crippen LogP contribution is -2.23. The van der Waals surface area contributed by atoms with Gasteiger partial charge in [-0.15, -0.1) is 0 Å². The van der Waals surface area contributed by atoms with Gasteiger partial charge < -0.3 is 15.2 Å². The van der Waals surface area contributed by atoms with Gasteiger partial charge in [0.2, 0.25) is 5.91 Å². The van der Waals surface area contributed by atoms with E-state index in [-0.39, 0.29) is 25.4 Å². The van der Waals surface area contributed by atoms with E-state index in [1.807, 2.05) is 12.1 Å². The Balaban J connectivity index is 1.90. The lowest BCUT2D eigenvalue weighted by molar-refractivity contribution is -0.138. The monoisotopic (exact) mass is 381 g/mol. The minimum absolute atomic E-state index is 0.0451. The predicted molar refractivity (Wildman–Crippen MR) is 96.0 cm³/mol. The fourth-order valence-corrected chi connectivity index (χ4v) is 2.59. The molecule has 1 amide bonds. The summed E-state index contributed by atoms with van der Waals surface area (Å²) in [6, 6.07) is 12.5. The van der Waals surface area contributed by atoms with E-state index in [0.717, 1.165) is 5.56 Å². The quantitative estimate of drug-likeness (QED) is 0.722. The average molecular weight is 382 g/mol. The molecule has 25 heavy (non-hydrogen) atoms. The number of carbonyl (C=O) groups excluding carboxylic acids is 1. The van der Waals surface area contributed by atoms with Gasteiger partial charge in [-0.05, 0) is 29.8 Å². The number of ether oxygens (including phenoxy) is 1. The van der Waals surface area contributed by atoms with Gasteiger partial charge in [0.15, 0.2) is 0 Å². The molecule has 0 atom stereocenters. The highest BCUT2D eigenvalue weighted by Gasteiger charge is 2.08. The number of carboxylic acids is 1. The Kier molecular flexibility index (Phi) is 7.10. The number of rotatable bonds is 8. The zero-order valence-corrected chi connectivity index (χ0v) is 14.8. The van der Waals surface area contributed by atoms with E-state index in [1.54, 1.807) is 30.3 Å². The van der Waals surface area contributed by atoms with Crippen LogP contribution in [0.25, 0.3) is 0 Å². The molecular formula is C18H17Cl2NO4. The summed E-state index contributed by atoms with van der Waals surface area (Å²) >= 11 is 12.2. The molecule has 0 bridgehead atoms. The number of hydrogen-bond acceptors (Lipinski definition) is 3. The van der Waals surface area contributed by atoms with Gasteiger partial charge in [-0.1, -0.05) is 41.4 Å². The van der Waals surface area contributed by atoms with Crippen LogP contribution in [0.15, 0.2) is 42.5 Å². The third-order valence-corrected chi connectivity index (χ3v) is 4.11. The first-order valence-electron chi connectivity index (χ1n) is 7.59. The van der Waals surface area contributed by atoms with Crippen molar-refractivity contribution in [2.75, 3.05) is 0 Å². The van der Waals surface area contributed by atoms with Crippen molar-refractivity contribution >= 4 is 35.1 Å². The first-order chi connectivity index (χ1) is 12.0. The van der Waals surface area contributed by atoms with Crippen molar-refractivity contribution in [2.24, 2.45) is 0 Å². The van der Waals surface area contributed by atoms with Crippen LogP contribution in [0.1, 0.15) is 24.0 Å². The minimum atomic E-state index is -0.996. The van der Waals surface area contributed by atoms with E-state index in [2.05, 4.69) is 5.32 Å². The lowest BCUT2D eigenvalue weighted by Gasteiger charge is -2.11. The zero-order chi connectivity index (χ0) is 18.2. The summed E-state index contributed by atoms with van der Waals surface area (Å²) < 4.78 is 5.72. The summed E-state index contributed by atoms with van der Waals surface area (Å²) in [7, 11) is 0. The van der Waals surface area contributed by atoms with Crippen LogP contribution in [0.5, 0.6) is 5.75 Å². The van der Waals surface area contributed by atoms with E-state index in [9.17, 15) is 9.59 Å². The van der Waals surface area contributed by atoms with Crippen molar-refractivity contribution in [3.63, 3.8) is 0 Å². The van der Waals surface area contributed by atoms with Crippen LogP contribution in [0.2, 0.25) is 10.0 Å². The Hall–Kier alpha value is -2.24. The van der Waals surface area contributed by atoms with Crippen molar-refractivity contribution in [3.8, 4) is 5.75 Å². The zero-order valence-electron chi connectivity index (χ0n) is 13.3. The van der Waals surface area contributed by atoms with Crippen LogP contribution in [-0.4, -0.2) is 17.0 Å². The molecule has 0 aliphatic rings. The Morgan fingerprint density at radius 3 is 2.40 bits per heavy atom. The maximum absolute atomic E-state index is 11.6. The number of nitrogens with one attached hydrogen (secondary N) is 1. The number of carbonyl (C=O) groups is 2. The van der Waals surface area contributed by atoms with Crippen molar-refractivity contribution in [1.82, 2.24) is 5.32 Å². The van der Waals surface area contributed by atoms with Crippen molar-refractivity contribution in [3.05, 3.63) is 63.6 Å². The standard InChI is InChI=1S/C18H17Cl2NO4/c19-15-5-2-6-16(20)14(15)11-25-13-4-1-3-12(9-13)10-21-17(22)7-8-18(23)24/h1-6,9H,7-8,10-11H2,(H,21,22)(H,23,24). The maximum atomic E-state index is 11.6. The summed E-state index contributed by atoms with van der Waals surface area (Å²) in [5.41, 5.74) is 1.55. The SMILES string of the molecule is O=C(O)CCC(=O)NCc1cccc(OCc2c(Cl)cccc2Cl)c1. The van der Waals surface area contributed by atoms with Crippen molar-refractivity contribution in [1.29, 1.82) is 0 Å². The summed E-state index contributed by atoms with van der Waals surface area (Å²) in [5, 5.41) is 12.3. The molecule has 0 unspecified atom stereocenters. The van der Waals surface area contributed by atoms with Gasteiger partial charge in [0.05, 0.1) is 6.42 Å². The maximum Gasteiger partial charge on any atom is 0.303 e. The van der Waals surface area contributed by atoms with Gasteiger partial charge in [-0.25, -0.2) is 0 Å². The number of benzene rings is 2. The van der Waals surface area contributed by atoms with Crippen LogP contribution < -0.4 is 10.1 Å². The summed E-state index contributed by atoms with van der Waals surface area (Å²) in [5.74, 6) is -0.686. The highest BCUT2D eigenvalue weighted by atomic mass is 35.5. The second kappa shape index (κ2) is 9.30. The van der Waals surface area contributed by atoms with E-state index >= 15 is 0 Å². The van der Waals surface area contributed by atoms with Crippen molar-refractivity contribution in [2.45, 2.75) is 26.0 Å².